The molecule has 16 heavy (non-hydrogen) atoms. The van der Waals surface area contributed by atoms with Crippen molar-refractivity contribution in [2.24, 2.45) is 0 Å². The van der Waals surface area contributed by atoms with E-state index in [1.165, 1.54) is 12.0 Å². The van der Waals surface area contributed by atoms with Crippen LogP contribution in [0.3, 0.4) is 0 Å². The molecule has 0 radical (unpaired) electrons. The van der Waals surface area contributed by atoms with Gasteiger partial charge in [-0.25, -0.2) is 0 Å². The van der Waals surface area contributed by atoms with Crippen LogP contribution in [0, 0.1) is 3.57 Å². The SMILES string of the molecule is COC(=O)CC(=O)N(C)c1ccc(I)cc1. The number of carbonyl (C=O) groups excluding carboxylic acids is 2. The van der Waals surface area contributed by atoms with Gasteiger partial charge in [-0.1, -0.05) is 0 Å². The average molecular weight is 333 g/mol. The fourth-order valence-corrected chi connectivity index (χ4v) is 1.48. The molecule has 0 aliphatic carbocycles. The molecule has 1 aromatic carbocycles. The fourth-order valence-electron chi connectivity index (χ4n) is 1.12. The summed E-state index contributed by atoms with van der Waals surface area (Å²) in [6.45, 7) is 0. The molecule has 5 heteroatoms. The maximum absolute atomic E-state index is 11.6. The van der Waals surface area contributed by atoms with Gasteiger partial charge in [0.1, 0.15) is 6.42 Å². The van der Waals surface area contributed by atoms with E-state index in [0.29, 0.717) is 0 Å². The highest BCUT2D eigenvalue weighted by Gasteiger charge is 2.15. The lowest BCUT2D eigenvalue weighted by Gasteiger charge is -2.16. The van der Waals surface area contributed by atoms with Gasteiger partial charge in [0.25, 0.3) is 0 Å². The molecule has 0 fully saturated rings. The maximum Gasteiger partial charge on any atom is 0.315 e. The van der Waals surface area contributed by atoms with Crippen LogP contribution in [0.15, 0.2) is 24.3 Å². The number of hydrogen-bond acceptors (Lipinski definition) is 3. The molecule has 0 aliphatic rings. The Kier molecular flexibility index (Phi) is 4.72. The lowest BCUT2D eigenvalue weighted by atomic mass is 10.3. The number of ether oxygens (including phenoxy) is 1. The summed E-state index contributed by atoms with van der Waals surface area (Å²) in [5.74, 6) is -0.810. The van der Waals surface area contributed by atoms with E-state index in [9.17, 15) is 9.59 Å². The number of benzene rings is 1. The maximum atomic E-state index is 11.6. The van der Waals surface area contributed by atoms with E-state index in [4.69, 9.17) is 0 Å². The van der Waals surface area contributed by atoms with Crippen LogP contribution < -0.4 is 4.90 Å². The average Bonchev–Trinajstić information content (AvgIpc) is 2.28. The van der Waals surface area contributed by atoms with Gasteiger partial charge in [0.05, 0.1) is 7.11 Å². The van der Waals surface area contributed by atoms with Crippen LogP contribution in [0.5, 0.6) is 0 Å². The molecule has 1 aromatic rings. The van der Waals surface area contributed by atoms with Gasteiger partial charge in [-0.3, -0.25) is 9.59 Å². The summed E-state index contributed by atoms with van der Waals surface area (Å²) >= 11 is 2.19. The summed E-state index contributed by atoms with van der Waals surface area (Å²) < 4.78 is 5.53. The second kappa shape index (κ2) is 5.83. The first kappa shape index (κ1) is 13.0. The molecule has 1 amide bonds. The minimum atomic E-state index is -0.526. The van der Waals surface area contributed by atoms with Crippen molar-refractivity contribution in [1.29, 1.82) is 0 Å². The number of halogens is 1. The number of nitrogens with zero attached hydrogens (tertiary/aromatic N) is 1. The molecule has 0 atom stereocenters. The number of anilines is 1. The zero-order chi connectivity index (χ0) is 12.1. The summed E-state index contributed by atoms with van der Waals surface area (Å²) in [5, 5.41) is 0. The first-order chi connectivity index (χ1) is 7.54. The Morgan fingerprint density at radius 3 is 2.38 bits per heavy atom. The second-order valence-corrected chi connectivity index (χ2v) is 4.43. The van der Waals surface area contributed by atoms with E-state index in [-0.39, 0.29) is 12.3 Å². The first-order valence-electron chi connectivity index (χ1n) is 4.63. The molecule has 4 nitrogen and oxygen atoms in total. The van der Waals surface area contributed by atoms with Gasteiger partial charge in [0.2, 0.25) is 5.91 Å². The van der Waals surface area contributed by atoms with Gasteiger partial charge < -0.3 is 9.64 Å². The number of carbonyl (C=O) groups is 2. The van der Waals surface area contributed by atoms with Gasteiger partial charge in [0, 0.05) is 16.3 Å². The van der Waals surface area contributed by atoms with Crippen LogP contribution in [0.2, 0.25) is 0 Å². The highest BCUT2D eigenvalue weighted by molar-refractivity contribution is 14.1. The molecular weight excluding hydrogens is 321 g/mol. The Morgan fingerprint density at radius 1 is 1.31 bits per heavy atom. The normalized spacial score (nSPS) is 9.69. The van der Waals surface area contributed by atoms with Crippen LogP contribution in [0.4, 0.5) is 5.69 Å². The standard InChI is InChI=1S/C11H12INO3/c1-13(10(14)7-11(15)16-2)9-5-3-8(12)4-6-9/h3-6H,7H2,1-2H3. The molecule has 0 unspecified atom stereocenters. The van der Waals surface area contributed by atoms with E-state index in [1.807, 2.05) is 24.3 Å². The highest BCUT2D eigenvalue weighted by Crippen LogP contribution is 2.15. The summed E-state index contributed by atoms with van der Waals surface area (Å²) in [5.41, 5.74) is 0.759. The molecule has 0 saturated heterocycles. The second-order valence-electron chi connectivity index (χ2n) is 3.18. The molecule has 0 aliphatic heterocycles. The molecule has 0 N–H and O–H groups in total. The lowest BCUT2D eigenvalue weighted by Crippen LogP contribution is -2.28. The van der Waals surface area contributed by atoms with Gasteiger partial charge in [-0.2, -0.15) is 0 Å². The van der Waals surface area contributed by atoms with E-state index in [0.717, 1.165) is 9.26 Å². The van der Waals surface area contributed by atoms with Crippen LogP contribution in [0.25, 0.3) is 0 Å². The monoisotopic (exact) mass is 333 g/mol. The van der Waals surface area contributed by atoms with Crippen molar-refractivity contribution in [3.8, 4) is 0 Å². The van der Waals surface area contributed by atoms with Crippen molar-refractivity contribution in [1.82, 2.24) is 0 Å². The van der Waals surface area contributed by atoms with E-state index in [2.05, 4.69) is 27.3 Å². The molecule has 0 bridgehead atoms. The Labute approximate surface area is 108 Å². The predicted molar refractivity (Wildman–Crippen MR) is 69.2 cm³/mol. The Balaban J connectivity index is 2.70. The van der Waals surface area contributed by atoms with Crippen LogP contribution >= 0.6 is 22.6 Å². The number of esters is 1. The number of hydrogen-bond donors (Lipinski definition) is 0. The van der Waals surface area contributed by atoms with E-state index >= 15 is 0 Å². The van der Waals surface area contributed by atoms with Crippen molar-refractivity contribution in [2.45, 2.75) is 6.42 Å². The molecule has 86 valence electrons. The molecule has 0 aromatic heterocycles. The third kappa shape index (κ3) is 3.48. The fraction of sp³-hybridized carbons (Fsp3) is 0.273. The predicted octanol–water partition coefficient (Wildman–Crippen LogP) is 1.82. The third-order valence-electron chi connectivity index (χ3n) is 2.11. The largest absolute Gasteiger partial charge is 0.469 e. The topological polar surface area (TPSA) is 46.6 Å². The zero-order valence-electron chi connectivity index (χ0n) is 9.07. The number of methoxy groups -OCH3 is 1. The van der Waals surface area contributed by atoms with Crippen molar-refractivity contribution in [3.63, 3.8) is 0 Å². The molecule has 0 heterocycles. The third-order valence-corrected chi connectivity index (χ3v) is 2.83. The zero-order valence-corrected chi connectivity index (χ0v) is 11.2. The minimum absolute atomic E-state index is 0.237. The van der Waals surface area contributed by atoms with Crippen molar-refractivity contribution in [2.75, 3.05) is 19.1 Å². The number of amides is 1. The summed E-state index contributed by atoms with van der Waals surface area (Å²) in [7, 11) is 2.90. The summed E-state index contributed by atoms with van der Waals surface area (Å²) in [6.07, 6.45) is -0.237. The highest BCUT2D eigenvalue weighted by atomic mass is 127. The molecule has 1 rings (SSSR count). The minimum Gasteiger partial charge on any atom is -0.469 e. The Bertz CT molecular complexity index is 389. The van der Waals surface area contributed by atoms with Crippen LogP contribution in [-0.2, 0) is 14.3 Å². The summed E-state index contributed by atoms with van der Waals surface area (Å²) in [6, 6.07) is 7.46. The number of rotatable bonds is 3. The van der Waals surface area contributed by atoms with E-state index in [1.54, 1.807) is 7.05 Å². The lowest BCUT2D eigenvalue weighted by molar-refractivity contribution is -0.143. The van der Waals surface area contributed by atoms with Gasteiger partial charge >= 0.3 is 5.97 Å². The molecular formula is C11H12INO3. The van der Waals surface area contributed by atoms with Crippen molar-refractivity contribution >= 4 is 40.2 Å². The molecule has 0 saturated carbocycles. The Hall–Kier alpha value is -1.11. The van der Waals surface area contributed by atoms with Crippen LogP contribution in [0.1, 0.15) is 6.42 Å². The van der Waals surface area contributed by atoms with Gasteiger partial charge in [-0.15, -0.1) is 0 Å². The van der Waals surface area contributed by atoms with E-state index < -0.39 is 5.97 Å². The molecule has 0 spiro atoms. The van der Waals surface area contributed by atoms with Crippen LogP contribution in [-0.4, -0.2) is 26.0 Å². The Morgan fingerprint density at radius 2 is 1.88 bits per heavy atom. The summed E-state index contributed by atoms with van der Waals surface area (Å²) in [4.78, 5) is 24.0. The van der Waals surface area contributed by atoms with Gasteiger partial charge in [-0.05, 0) is 46.9 Å². The van der Waals surface area contributed by atoms with Crippen molar-refractivity contribution < 1.29 is 14.3 Å². The van der Waals surface area contributed by atoms with Crippen molar-refractivity contribution in [3.05, 3.63) is 27.8 Å². The van der Waals surface area contributed by atoms with Gasteiger partial charge in [0.15, 0.2) is 0 Å². The smallest absolute Gasteiger partial charge is 0.315 e. The first-order valence-corrected chi connectivity index (χ1v) is 5.71. The quantitative estimate of drug-likeness (QED) is 0.482.